The van der Waals surface area contributed by atoms with Crippen molar-refractivity contribution in [3.05, 3.63) is 52.5 Å². The topological polar surface area (TPSA) is 63.2 Å². The van der Waals surface area contributed by atoms with Gasteiger partial charge in [0, 0.05) is 17.8 Å². The van der Waals surface area contributed by atoms with Crippen LogP contribution in [0.3, 0.4) is 0 Å². The molecule has 1 amide bonds. The van der Waals surface area contributed by atoms with Crippen molar-refractivity contribution in [1.82, 2.24) is 5.32 Å². The zero-order valence-electron chi connectivity index (χ0n) is 12.0. The van der Waals surface area contributed by atoms with Gasteiger partial charge in [-0.05, 0) is 35.7 Å². The molecular formula is C15H16FNO3S2. The van der Waals surface area contributed by atoms with Crippen molar-refractivity contribution < 1.29 is 17.6 Å². The number of sulfone groups is 1. The van der Waals surface area contributed by atoms with E-state index < -0.39 is 20.9 Å². The van der Waals surface area contributed by atoms with Crippen molar-refractivity contribution in [2.75, 3.05) is 6.54 Å². The number of nitrogens with one attached hydrogen (secondary N) is 1. The molecule has 4 nitrogen and oxygen atoms in total. The van der Waals surface area contributed by atoms with Crippen LogP contribution in [0.25, 0.3) is 0 Å². The Morgan fingerprint density at radius 1 is 1.27 bits per heavy atom. The third kappa shape index (κ3) is 3.72. The van der Waals surface area contributed by atoms with Gasteiger partial charge in [0.25, 0.3) is 0 Å². The molecule has 0 saturated carbocycles. The first kappa shape index (κ1) is 16.6. The number of hydrogen-bond acceptors (Lipinski definition) is 4. The molecule has 22 heavy (non-hydrogen) atoms. The second-order valence-electron chi connectivity index (χ2n) is 4.66. The highest BCUT2D eigenvalue weighted by molar-refractivity contribution is 7.91. The third-order valence-corrected chi connectivity index (χ3v) is 6.42. The zero-order valence-corrected chi connectivity index (χ0v) is 13.6. The van der Waals surface area contributed by atoms with Crippen molar-refractivity contribution in [1.29, 1.82) is 0 Å². The van der Waals surface area contributed by atoms with Crippen LogP contribution in [0.5, 0.6) is 0 Å². The average molecular weight is 341 g/mol. The van der Waals surface area contributed by atoms with Crippen LogP contribution in [-0.2, 0) is 14.6 Å². The molecule has 2 rings (SSSR count). The van der Waals surface area contributed by atoms with Crippen molar-refractivity contribution in [3.8, 4) is 0 Å². The van der Waals surface area contributed by atoms with Crippen LogP contribution in [0.4, 0.5) is 4.39 Å². The molecule has 0 fully saturated rings. The highest BCUT2D eigenvalue weighted by Crippen LogP contribution is 2.31. The number of carbonyl (C=O) groups excluding carboxylic acids is 1. The van der Waals surface area contributed by atoms with Gasteiger partial charge in [-0.2, -0.15) is 0 Å². The highest BCUT2D eigenvalue weighted by atomic mass is 32.2. The summed E-state index contributed by atoms with van der Waals surface area (Å²) in [6.07, 6.45) is 0.285. The summed E-state index contributed by atoms with van der Waals surface area (Å²) in [6.45, 7) is 1.69. The minimum absolute atomic E-state index is 0.00705. The Bertz CT molecular complexity index is 725. The highest BCUT2D eigenvalue weighted by Gasteiger charge is 2.30. The number of hydrogen-bond donors (Lipinski definition) is 1. The SMILES string of the molecule is CCC(=O)NCC(c1cccs1)S(=O)(=O)c1ccc(F)cc1. The number of carbonyl (C=O) groups is 1. The van der Waals surface area contributed by atoms with Crippen LogP contribution in [0.1, 0.15) is 23.5 Å². The van der Waals surface area contributed by atoms with Gasteiger partial charge in [0.15, 0.2) is 9.84 Å². The minimum Gasteiger partial charge on any atom is -0.354 e. The molecule has 0 spiro atoms. The Kier molecular flexibility index (Phi) is 5.31. The van der Waals surface area contributed by atoms with E-state index in [1.165, 1.54) is 23.5 Å². The van der Waals surface area contributed by atoms with Crippen molar-refractivity contribution in [3.63, 3.8) is 0 Å². The smallest absolute Gasteiger partial charge is 0.219 e. The molecule has 118 valence electrons. The molecule has 1 N–H and O–H groups in total. The van der Waals surface area contributed by atoms with Gasteiger partial charge in [0.05, 0.1) is 4.90 Å². The predicted molar refractivity (Wildman–Crippen MR) is 83.9 cm³/mol. The molecule has 1 unspecified atom stereocenters. The largest absolute Gasteiger partial charge is 0.354 e. The third-order valence-electron chi connectivity index (χ3n) is 3.18. The Hall–Kier alpha value is -1.73. The van der Waals surface area contributed by atoms with Gasteiger partial charge >= 0.3 is 0 Å². The fourth-order valence-corrected chi connectivity index (χ4v) is 4.74. The molecule has 0 aliphatic rings. The van der Waals surface area contributed by atoms with E-state index in [2.05, 4.69) is 5.32 Å². The summed E-state index contributed by atoms with van der Waals surface area (Å²) in [5.74, 6) is -0.707. The van der Waals surface area contributed by atoms with E-state index in [9.17, 15) is 17.6 Å². The normalized spacial score (nSPS) is 12.8. The number of rotatable bonds is 6. The van der Waals surface area contributed by atoms with Crippen LogP contribution >= 0.6 is 11.3 Å². The van der Waals surface area contributed by atoms with E-state index in [4.69, 9.17) is 0 Å². The average Bonchev–Trinajstić information content (AvgIpc) is 3.01. The van der Waals surface area contributed by atoms with Crippen LogP contribution in [0, 0.1) is 5.82 Å². The molecule has 0 saturated heterocycles. The van der Waals surface area contributed by atoms with Gasteiger partial charge in [-0.3, -0.25) is 4.79 Å². The maximum atomic E-state index is 13.0. The monoisotopic (exact) mass is 341 g/mol. The van der Waals surface area contributed by atoms with E-state index in [-0.39, 0.29) is 23.8 Å². The number of thiophene rings is 1. The van der Waals surface area contributed by atoms with Gasteiger partial charge in [-0.25, -0.2) is 12.8 Å². The molecule has 0 bridgehead atoms. The predicted octanol–water partition coefficient (Wildman–Crippen LogP) is 2.93. The molecule has 1 heterocycles. The van der Waals surface area contributed by atoms with E-state index in [1.54, 1.807) is 24.4 Å². The molecule has 1 aromatic heterocycles. The first-order valence-electron chi connectivity index (χ1n) is 6.74. The maximum absolute atomic E-state index is 13.0. The molecule has 0 radical (unpaired) electrons. The second kappa shape index (κ2) is 7.02. The summed E-state index contributed by atoms with van der Waals surface area (Å²) < 4.78 is 38.6. The molecule has 2 aromatic rings. The standard InChI is InChI=1S/C15H16FNO3S2/c1-2-15(18)17-10-14(13-4-3-9-21-13)22(19,20)12-7-5-11(16)6-8-12/h3-9,14H,2,10H2,1H3,(H,17,18). The Morgan fingerprint density at radius 2 is 1.95 bits per heavy atom. The quantitative estimate of drug-likeness (QED) is 0.822. The first-order valence-corrected chi connectivity index (χ1v) is 9.17. The van der Waals surface area contributed by atoms with E-state index in [1.807, 2.05) is 0 Å². The van der Waals surface area contributed by atoms with Crippen LogP contribution in [0.15, 0.2) is 46.7 Å². The van der Waals surface area contributed by atoms with Gasteiger partial charge in [-0.15, -0.1) is 11.3 Å². The van der Waals surface area contributed by atoms with Crippen molar-refractivity contribution in [2.45, 2.75) is 23.5 Å². The fourth-order valence-electron chi connectivity index (χ4n) is 1.96. The number of amides is 1. The molecule has 0 aliphatic heterocycles. The van der Waals surface area contributed by atoms with Crippen LogP contribution in [-0.4, -0.2) is 20.9 Å². The first-order chi connectivity index (χ1) is 10.4. The lowest BCUT2D eigenvalue weighted by Crippen LogP contribution is -2.31. The molecule has 1 aromatic carbocycles. The van der Waals surface area contributed by atoms with Gasteiger partial charge < -0.3 is 5.32 Å². The number of halogens is 1. The van der Waals surface area contributed by atoms with Crippen molar-refractivity contribution in [2.24, 2.45) is 0 Å². The molecule has 1 atom stereocenters. The summed E-state index contributed by atoms with van der Waals surface area (Å²) >= 11 is 1.31. The lowest BCUT2D eigenvalue weighted by atomic mass is 10.3. The summed E-state index contributed by atoms with van der Waals surface area (Å²) in [5, 5.41) is 3.52. The van der Waals surface area contributed by atoms with Crippen molar-refractivity contribution >= 4 is 27.1 Å². The van der Waals surface area contributed by atoms with Crippen LogP contribution in [0.2, 0.25) is 0 Å². The molecule has 7 heteroatoms. The van der Waals surface area contributed by atoms with E-state index in [0.717, 1.165) is 12.1 Å². The van der Waals surface area contributed by atoms with Crippen LogP contribution < -0.4 is 5.32 Å². The summed E-state index contributed by atoms with van der Waals surface area (Å²) in [7, 11) is -3.72. The fraction of sp³-hybridized carbons (Fsp3) is 0.267. The van der Waals surface area contributed by atoms with Gasteiger partial charge in [0.2, 0.25) is 5.91 Å². The van der Waals surface area contributed by atoms with Gasteiger partial charge in [0.1, 0.15) is 11.1 Å². The lowest BCUT2D eigenvalue weighted by Gasteiger charge is -2.17. The Labute approximate surface area is 132 Å². The Morgan fingerprint density at radius 3 is 2.50 bits per heavy atom. The van der Waals surface area contributed by atoms with E-state index >= 15 is 0 Å². The maximum Gasteiger partial charge on any atom is 0.219 e. The zero-order chi connectivity index (χ0) is 16.2. The minimum atomic E-state index is -3.72. The Balaban J connectivity index is 2.35. The lowest BCUT2D eigenvalue weighted by molar-refractivity contribution is -0.120. The number of benzene rings is 1. The summed E-state index contributed by atoms with van der Waals surface area (Å²) in [5.41, 5.74) is 0. The summed E-state index contributed by atoms with van der Waals surface area (Å²) in [4.78, 5) is 12.1. The molecular weight excluding hydrogens is 325 g/mol. The second-order valence-corrected chi connectivity index (χ2v) is 7.77. The van der Waals surface area contributed by atoms with Gasteiger partial charge in [-0.1, -0.05) is 13.0 Å². The molecule has 0 aliphatic carbocycles. The summed E-state index contributed by atoms with van der Waals surface area (Å²) in [6, 6.07) is 8.19. The van der Waals surface area contributed by atoms with E-state index in [0.29, 0.717) is 4.88 Å².